The number of hydrogen-bond donors (Lipinski definition) is 3. The smallest absolute Gasteiger partial charge is 0.323 e. The highest BCUT2D eigenvalue weighted by atomic mass is 35.5. The van der Waals surface area contributed by atoms with Crippen molar-refractivity contribution in [3.8, 4) is 11.1 Å². The molecule has 14 nitrogen and oxygen atoms in total. The topological polar surface area (TPSA) is 172 Å². The molecule has 2 saturated heterocycles. The Morgan fingerprint density at radius 2 is 1.73 bits per heavy atom. The largest absolute Gasteiger partial charge is 0.464 e. The number of thioether (sulfide) groups is 1. The van der Waals surface area contributed by atoms with Crippen molar-refractivity contribution in [1.29, 1.82) is 0 Å². The number of fused-ring (bicyclic) bond motifs is 1. The minimum Gasteiger partial charge on any atom is -0.464 e. The molecular formula is C46H47ClN8O6S2. The van der Waals surface area contributed by atoms with Crippen LogP contribution in [-0.2, 0) is 26.1 Å². The van der Waals surface area contributed by atoms with E-state index in [9.17, 15) is 23.3 Å². The van der Waals surface area contributed by atoms with E-state index in [-0.39, 0.29) is 41.1 Å². The van der Waals surface area contributed by atoms with Gasteiger partial charge >= 0.3 is 5.97 Å². The predicted octanol–water partition coefficient (Wildman–Crippen LogP) is 8.24. The first-order valence-corrected chi connectivity index (χ1v) is 23.7. The van der Waals surface area contributed by atoms with Gasteiger partial charge in [-0.25, -0.2) is 18.4 Å². The van der Waals surface area contributed by atoms with Crippen molar-refractivity contribution in [2.75, 3.05) is 60.0 Å². The predicted molar refractivity (Wildman–Crippen MR) is 249 cm³/mol. The Bertz CT molecular complexity index is 2670. The van der Waals surface area contributed by atoms with Crippen LogP contribution < -0.4 is 20.3 Å². The summed E-state index contributed by atoms with van der Waals surface area (Å²) in [4.78, 5) is 38.5. The van der Waals surface area contributed by atoms with Crippen LogP contribution in [0.2, 0.25) is 5.02 Å². The fourth-order valence-electron chi connectivity index (χ4n) is 7.88. The SMILES string of the molecule is O=C(OCC[C@@H](CSc1ccccc1)Nc1ccc(S(=O)(=O)Nc2ncnc3cc(N4CCN(Cc5cc(Cl)ccc5-c5ccccc5)CC4)ccc23)cc1[N+](=O)[O-])C1CCCN1. The minimum absolute atomic E-state index is 0.0531. The Hall–Kier alpha value is -5.78. The van der Waals surface area contributed by atoms with Crippen LogP contribution in [0.15, 0.2) is 131 Å². The Kier molecular flexibility index (Phi) is 14.0. The van der Waals surface area contributed by atoms with Gasteiger partial charge in [-0.15, -0.1) is 11.8 Å². The third-order valence-electron chi connectivity index (χ3n) is 11.2. The van der Waals surface area contributed by atoms with Crippen molar-refractivity contribution in [3.63, 3.8) is 0 Å². The molecule has 8 rings (SSSR count). The van der Waals surface area contributed by atoms with Crippen LogP contribution in [0.3, 0.4) is 0 Å². The third-order valence-corrected chi connectivity index (χ3v) is 14.0. The summed E-state index contributed by atoms with van der Waals surface area (Å²) in [5.41, 5.74) is 4.71. The van der Waals surface area contributed by atoms with E-state index in [2.05, 4.69) is 53.3 Å². The van der Waals surface area contributed by atoms with Crippen LogP contribution in [0.25, 0.3) is 22.0 Å². The van der Waals surface area contributed by atoms with Gasteiger partial charge in [-0.1, -0.05) is 66.2 Å². The molecular weight excluding hydrogens is 860 g/mol. The zero-order chi connectivity index (χ0) is 43.8. The summed E-state index contributed by atoms with van der Waals surface area (Å²) in [6, 6.07) is 34.7. The number of sulfonamides is 1. The number of aromatic nitrogens is 2. The summed E-state index contributed by atoms with van der Waals surface area (Å²) in [6.07, 6.45) is 3.29. The maximum Gasteiger partial charge on any atom is 0.323 e. The van der Waals surface area contributed by atoms with Gasteiger partial charge in [0.25, 0.3) is 15.7 Å². The number of nitrogens with zero attached hydrogens (tertiary/aromatic N) is 5. The zero-order valence-electron chi connectivity index (χ0n) is 34.4. The molecule has 2 aliphatic heterocycles. The number of carbonyl (C=O) groups is 1. The Morgan fingerprint density at radius 3 is 2.48 bits per heavy atom. The molecule has 0 bridgehead atoms. The second-order valence-electron chi connectivity index (χ2n) is 15.5. The fraction of sp³-hybridized carbons (Fsp3) is 0.283. The molecule has 326 valence electrons. The summed E-state index contributed by atoms with van der Waals surface area (Å²) < 4.78 is 35.8. The molecule has 2 aliphatic rings. The first-order valence-electron chi connectivity index (χ1n) is 20.8. The lowest BCUT2D eigenvalue weighted by atomic mass is 9.99. The molecule has 3 heterocycles. The van der Waals surface area contributed by atoms with Gasteiger partial charge in [0.05, 0.1) is 21.9 Å². The molecule has 0 saturated carbocycles. The van der Waals surface area contributed by atoms with Crippen LogP contribution in [0, 0.1) is 10.1 Å². The molecule has 0 spiro atoms. The minimum atomic E-state index is -4.33. The van der Waals surface area contributed by atoms with Crippen LogP contribution in [0.5, 0.6) is 0 Å². The number of nitrogens with one attached hydrogen (secondary N) is 3. The Morgan fingerprint density at radius 1 is 0.952 bits per heavy atom. The van der Waals surface area contributed by atoms with Crippen molar-refractivity contribution < 1.29 is 22.9 Å². The van der Waals surface area contributed by atoms with Crippen LogP contribution in [-0.4, -0.2) is 91.3 Å². The number of nitro benzene ring substituents is 1. The summed E-state index contributed by atoms with van der Waals surface area (Å²) in [7, 11) is -4.33. The number of ether oxygens (including phenoxy) is 1. The lowest BCUT2D eigenvalue weighted by Crippen LogP contribution is -2.46. The number of esters is 1. The van der Waals surface area contributed by atoms with Gasteiger partial charge in [0.15, 0.2) is 5.82 Å². The van der Waals surface area contributed by atoms with Gasteiger partial charge in [-0.2, -0.15) is 0 Å². The average molecular weight is 908 g/mol. The lowest BCUT2D eigenvalue weighted by Gasteiger charge is -2.36. The molecule has 63 heavy (non-hydrogen) atoms. The first kappa shape index (κ1) is 43.9. The highest BCUT2D eigenvalue weighted by Crippen LogP contribution is 2.33. The highest BCUT2D eigenvalue weighted by Gasteiger charge is 2.27. The number of rotatable bonds is 17. The summed E-state index contributed by atoms with van der Waals surface area (Å²) >= 11 is 7.99. The number of nitro groups is 1. The molecule has 2 atom stereocenters. The molecule has 0 aliphatic carbocycles. The maximum atomic E-state index is 13.8. The van der Waals surface area contributed by atoms with Gasteiger partial charge in [0.1, 0.15) is 18.1 Å². The van der Waals surface area contributed by atoms with Gasteiger partial charge in [-0.3, -0.25) is 24.5 Å². The number of carbonyl (C=O) groups excluding carboxylic acids is 1. The average Bonchev–Trinajstić information content (AvgIpc) is 3.85. The normalized spacial score (nSPS) is 16.1. The van der Waals surface area contributed by atoms with Gasteiger partial charge in [0, 0.05) is 78.0 Å². The number of hydrogen-bond acceptors (Lipinski definition) is 13. The number of halogens is 1. The van der Waals surface area contributed by atoms with Crippen molar-refractivity contribution in [2.45, 2.75) is 47.7 Å². The second kappa shape index (κ2) is 20.2. The van der Waals surface area contributed by atoms with Gasteiger partial charge < -0.3 is 20.3 Å². The molecule has 3 N–H and O–H groups in total. The summed E-state index contributed by atoms with van der Waals surface area (Å²) in [6.45, 7) is 4.85. The molecule has 0 amide bonds. The van der Waals surface area contributed by atoms with Crippen LogP contribution >= 0.6 is 23.4 Å². The molecule has 1 unspecified atom stereocenters. The lowest BCUT2D eigenvalue weighted by molar-refractivity contribution is -0.384. The molecule has 0 radical (unpaired) electrons. The van der Waals surface area contributed by atoms with E-state index >= 15 is 0 Å². The summed E-state index contributed by atoms with van der Waals surface area (Å²) in [5, 5.41) is 20.0. The van der Waals surface area contributed by atoms with Crippen LogP contribution in [0.1, 0.15) is 24.8 Å². The number of benzene rings is 5. The molecule has 6 aromatic rings. The van der Waals surface area contributed by atoms with Crippen molar-refractivity contribution in [3.05, 3.63) is 142 Å². The first-order chi connectivity index (χ1) is 30.6. The molecule has 1 aromatic heterocycles. The standard InChI is InChI=1S/C46H47ClN8O6S2/c47-34-13-16-39(32-8-3-1-4-9-32)33(26-34)29-53-21-23-54(24-22-53)36-14-17-40-43(27-36)49-31-50-45(40)52-63(59,60)38-15-18-41(44(28-38)55(57)58)51-35(30-62-37-10-5-2-6-11-37)19-25-61-46(56)42-12-7-20-48-42/h1-6,8-11,13-18,26-28,31,35,42,48,51H,7,12,19-25,29-30H2,(H,49,50,52)/t35-,42?/m0/s1. The zero-order valence-corrected chi connectivity index (χ0v) is 36.7. The van der Waals surface area contributed by atoms with E-state index in [0.29, 0.717) is 28.1 Å². The van der Waals surface area contributed by atoms with E-state index in [1.807, 2.05) is 72.8 Å². The highest BCUT2D eigenvalue weighted by molar-refractivity contribution is 7.99. The van der Waals surface area contributed by atoms with E-state index in [1.165, 1.54) is 24.0 Å². The van der Waals surface area contributed by atoms with Crippen molar-refractivity contribution in [2.24, 2.45) is 0 Å². The molecule has 2 fully saturated rings. The quantitative estimate of drug-likeness (QED) is 0.0346. The van der Waals surface area contributed by atoms with Crippen molar-refractivity contribution >= 4 is 73.1 Å². The Balaban J connectivity index is 0.932. The third kappa shape index (κ3) is 11.1. The number of anilines is 3. The monoisotopic (exact) mass is 906 g/mol. The van der Waals surface area contributed by atoms with E-state index in [0.717, 1.165) is 79.9 Å². The van der Waals surface area contributed by atoms with E-state index in [4.69, 9.17) is 16.3 Å². The molecule has 5 aromatic carbocycles. The van der Waals surface area contributed by atoms with Gasteiger partial charge in [-0.05, 0) is 90.7 Å². The van der Waals surface area contributed by atoms with E-state index < -0.39 is 20.6 Å². The maximum absolute atomic E-state index is 13.8. The summed E-state index contributed by atoms with van der Waals surface area (Å²) in [5.74, 6) is 0.239. The second-order valence-corrected chi connectivity index (χ2v) is 18.7. The van der Waals surface area contributed by atoms with Crippen molar-refractivity contribution in [1.82, 2.24) is 20.2 Å². The Labute approximate surface area is 375 Å². The fourth-order valence-corrected chi connectivity index (χ4v) is 10.1. The van der Waals surface area contributed by atoms with E-state index in [1.54, 1.807) is 17.8 Å². The number of piperazine rings is 1. The molecule has 17 heteroatoms. The van der Waals surface area contributed by atoms with Crippen LogP contribution in [0.4, 0.5) is 22.9 Å². The van der Waals surface area contributed by atoms with Gasteiger partial charge in [0.2, 0.25) is 0 Å².